The molecule has 11 heteroatoms. The van der Waals surface area contributed by atoms with Crippen LogP contribution in [0.5, 0.6) is 0 Å². The van der Waals surface area contributed by atoms with Gasteiger partial charge in [-0.15, -0.1) is 0 Å². The molecule has 0 saturated carbocycles. The number of nitrogens with zero attached hydrogens (tertiary/aromatic N) is 5. The van der Waals surface area contributed by atoms with Crippen molar-refractivity contribution in [1.29, 1.82) is 0 Å². The molecular weight excluding hydrogens is 351 g/mol. The molecule has 2 heterocycles. The van der Waals surface area contributed by atoms with Crippen molar-refractivity contribution in [2.75, 3.05) is 0 Å². The van der Waals surface area contributed by atoms with Gasteiger partial charge in [0.1, 0.15) is 24.5 Å². The van der Waals surface area contributed by atoms with Crippen molar-refractivity contribution in [2.24, 2.45) is 0 Å². The summed E-state index contributed by atoms with van der Waals surface area (Å²) in [5.74, 6) is -0.0243. The predicted octanol–water partition coefficient (Wildman–Crippen LogP) is 1.28. The minimum atomic E-state index is -3.80. The van der Waals surface area contributed by atoms with E-state index in [0.717, 1.165) is 12.1 Å². The van der Waals surface area contributed by atoms with Crippen LogP contribution in [0.4, 0.5) is 4.39 Å². The maximum absolute atomic E-state index is 12.9. The molecular formula is C14H15FN6O3S. The van der Waals surface area contributed by atoms with Gasteiger partial charge < -0.3 is 4.52 Å². The lowest BCUT2D eigenvalue weighted by molar-refractivity contribution is 0.318. The van der Waals surface area contributed by atoms with E-state index in [4.69, 9.17) is 4.52 Å². The first-order valence-electron chi connectivity index (χ1n) is 7.41. The summed E-state index contributed by atoms with van der Waals surface area (Å²) in [6.07, 6.45) is 3.58. The Balaban J connectivity index is 1.70. The zero-order valence-electron chi connectivity index (χ0n) is 13.2. The molecule has 1 aromatic carbocycles. The molecule has 3 rings (SSSR count). The van der Waals surface area contributed by atoms with Crippen molar-refractivity contribution in [2.45, 2.75) is 30.8 Å². The Kier molecular flexibility index (Phi) is 4.86. The van der Waals surface area contributed by atoms with E-state index in [1.54, 1.807) is 4.68 Å². The molecule has 25 heavy (non-hydrogen) atoms. The number of sulfonamides is 1. The van der Waals surface area contributed by atoms with Gasteiger partial charge in [-0.1, -0.05) is 12.1 Å². The van der Waals surface area contributed by atoms with Gasteiger partial charge in [-0.3, -0.25) is 0 Å². The molecule has 132 valence electrons. The van der Waals surface area contributed by atoms with E-state index < -0.39 is 15.8 Å². The third kappa shape index (κ3) is 3.88. The summed E-state index contributed by atoms with van der Waals surface area (Å²) in [7, 11) is -3.80. The van der Waals surface area contributed by atoms with E-state index in [2.05, 4.69) is 24.9 Å². The summed E-state index contributed by atoms with van der Waals surface area (Å²) >= 11 is 0. The van der Waals surface area contributed by atoms with Crippen molar-refractivity contribution in [3.05, 3.63) is 54.5 Å². The molecule has 9 nitrogen and oxygen atoms in total. The third-order valence-electron chi connectivity index (χ3n) is 3.46. The maximum Gasteiger partial charge on any atom is 0.251 e. The molecule has 1 unspecified atom stereocenters. The molecule has 0 aliphatic rings. The highest BCUT2D eigenvalue weighted by Crippen LogP contribution is 2.18. The van der Waals surface area contributed by atoms with Gasteiger partial charge in [-0.2, -0.15) is 10.1 Å². The van der Waals surface area contributed by atoms with Crippen molar-refractivity contribution < 1.29 is 17.3 Å². The standard InChI is InChI=1S/C14H15FN6O3S/c1-2-12(21-9-16-8-17-21)14-19-13(20-24-14)7-18-25(22,23)11-5-3-10(15)4-6-11/h3-6,8-9,12,18H,2,7H2,1H3. The molecule has 0 amide bonds. The fraction of sp³-hybridized carbons (Fsp3) is 0.286. The first kappa shape index (κ1) is 17.2. The third-order valence-corrected chi connectivity index (χ3v) is 4.87. The van der Waals surface area contributed by atoms with Crippen LogP contribution in [0.2, 0.25) is 0 Å². The van der Waals surface area contributed by atoms with Crippen LogP contribution >= 0.6 is 0 Å². The molecule has 3 aromatic rings. The van der Waals surface area contributed by atoms with Gasteiger partial charge in [-0.05, 0) is 30.7 Å². The number of rotatable bonds is 7. The molecule has 0 fully saturated rings. The molecule has 0 saturated heterocycles. The Bertz CT molecular complexity index is 924. The number of hydrogen-bond acceptors (Lipinski definition) is 7. The van der Waals surface area contributed by atoms with Crippen LogP contribution in [0, 0.1) is 5.82 Å². The molecule has 1 N–H and O–H groups in total. The number of nitrogens with one attached hydrogen (secondary N) is 1. The molecule has 2 aromatic heterocycles. The predicted molar refractivity (Wildman–Crippen MR) is 83.2 cm³/mol. The number of aromatic nitrogens is 5. The summed E-state index contributed by atoms with van der Waals surface area (Å²) < 4.78 is 46.3. The van der Waals surface area contributed by atoms with Gasteiger partial charge in [0.25, 0.3) is 5.89 Å². The van der Waals surface area contributed by atoms with Crippen LogP contribution in [0.15, 0.2) is 46.3 Å². The van der Waals surface area contributed by atoms with Crippen LogP contribution in [0.1, 0.15) is 31.1 Å². The van der Waals surface area contributed by atoms with Crippen LogP contribution < -0.4 is 4.72 Å². The Morgan fingerprint density at radius 2 is 2.08 bits per heavy atom. The van der Waals surface area contributed by atoms with Crippen molar-refractivity contribution in [3.8, 4) is 0 Å². The lowest BCUT2D eigenvalue weighted by Gasteiger charge is -2.08. The fourth-order valence-corrected chi connectivity index (χ4v) is 3.16. The molecule has 1 atom stereocenters. The van der Waals surface area contributed by atoms with Crippen LogP contribution in [-0.4, -0.2) is 33.3 Å². The van der Waals surface area contributed by atoms with Gasteiger partial charge in [0.05, 0.1) is 11.4 Å². The fourth-order valence-electron chi connectivity index (χ4n) is 2.18. The number of benzene rings is 1. The summed E-state index contributed by atoms with van der Waals surface area (Å²) in [4.78, 5) is 8.02. The van der Waals surface area contributed by atoms with Gasteiger partial charge >= 0.3 is 0 Å². The van der Waals surface area contributed by atoms with E-state index in [1.165, 1.54) is 24.8 Å². The summed E-state index contributed by atoms with van der Waals surface area (Å²) in [5.41, 5.74) is 0. The summed E-state index contributed by atoms with van der Waals surface area (Å²) in [5, 5.41) is 7.81. The summed E-state index contributed by atoms with van der Waals surface area (Å²) in [6, 6.07) is 4.22. The SMILES string of the molecule is CCC(c1nc(CNS(=O)(=O)c2ccc(F)cc2)no1)n1cncn1. The molecule has 0 spiro atoms. The lowest BCUT2D eigenvalue weighted by atomic mass is 10.2. The smallest absolute Gasteiger partial charge is 0.251 e. The Morgan fingerprint density at radius 1 is 1.32 bits per heavy atom. The number of halogens is 1. The second kappa shape index (κ2) is 7.07. The van der Waals surface area contributed by atoms with E-state index in [-0.39, 0.29) is 23.3 Å². The highest BCUT2D eigenvalue weighted by atomic mass is 32.2. The van der Waals surface area contributed by atoms with Crippen molar-refractivity contribution >= 4 is 10.0 Å². The van der Waals surface area contributed by atoms with Gasteiger partial charge in [0, 0.05) is 0 Å². The van der Waals surface area contributed by atoms with Crippen LogP contribution in [0.3, 0.4) is 0 Å². The highest BCUT2D eigenvalue weighted by Gasteiger charge is 2.21. The van der Waals surface area contributed by atoms with E-state index in [0.29, 0.717) is 12.3 Å². The van der Waals surface area contributed by atoms with Gasteiger partial charge in [0.2, 0.25) is 10.0 Å². The van der Waals surface area contributed by atoms with Crippen LogP contribution in [0.25, 0.3) is 0 Å². The zero-order chi connectivity index (χ0) is 17.9. The minimum absolute atomic E-state index is 0.0494. The topological polar surface area (TPSA) is 116 Å². The Morgan fingerprint density at radius 3 is 2.72 bits per heavy atom. The Hall–Kier alpha value is -2.66. The van der Waals surface area contributed by atoms with Crippen molar-refractivity contribution in [1.82, 2.24) is 29.6 Å². The average Bonchev–Trinajstić information content (AvgIpc) is 3.27. The molecule has 0 radical (unpaired) electrons. The minimum Gasteiger partial charge on any atom is -0.337 e. The first-order valence-corrected chi connectivity index (χ1v) is 8.89. The second-order valence-corrected chi connectivity index (χ2v) is 6.89. The van der Waals surface area contributed by atoms with E-state index in [1.807, 2.05) is 6.92 Å². The summed E-state index contributed by atoms with van der Waals surface area (Å²) in [6.45, 7) is 1.77. The lowest BCUT2D eigenvalue weighted by Crippen LogP contribution is -2.23. The molecule has 0 aliphatic heterocycles. The van der Waals surface area contributed by atoms with Crippen LogP contribution in [-0.2, 0) is 16.6 Å². The van der Waals surface area contributed by atoms with E-state index in [9.17, 15) is 12.8 Å². The largest absolute Gasteiger partial charge is 0.337 e. The highest BCUT2D eigenvalue weighted by molar-refractivity contribution is 7.89. The molecule has 0 aliphatic carbocycles. The monoisotopic (exact) mass is 366 g/mol. The quantitative estimate of drug-likeness (QED) is 0.669. The van der Waals surface area contributed by atoms with Crippen molar-refractivity contribution in [3.63, 3.8) is 0 Å². The maximum atomic E-state index is 12.9. The Labute approximate surface area is 142 Å². The second-order valence-electron chi connectivity index (χ2n) is 5.13. The zero-order valence-corrected chi connectivity index (χ0v) is 14.0. The average molecular weight is 366 g/mol. The van der Waals surface area contributed by atoms with E-state index >= 15 is 0 Å². The molecule has 0 bridgehead atoms. The normalized spacial score (nSPS) is 13.0. The first-order chi connectivity index (χ1) is 12.0. The van der Waals surface area contributed by atoms with Gasteiger partial charge in [-0.25, -0.2) is 27.2 Å². The number of hydrogen-bond donors (Lipinski definition) is 1. The van der Waals surface area contributed by atoms with Gasteiger partial charge in [0.15, 0.2) is 5.82 Å².